The molecule has 0 fully saturated rings. The van der Waals surface area contributed by atoms with Gasteiger partial charge >= 0.3 is 5.97 Å². The second kappa shape index (κ2) is 6.33. The number of aliphatic hydroxyl groups is 1. The van der Waals surface area contributed by atoms with Crippen LogP contribution in [0.2, 0.25) is 0 Å². The number of aliphatic hydroxyl groups excluding tert-OH is 1. The van der Waals surface area contributed by atoms with E-state index in [0.717, 1.165) is 6.29 Å². The molecular formula is C17H16O4. The second-order valence-electron chi connectivity index (χ2n) is 4.66. The largest absolute Gasteiger partial charge is 0.468 e. The second-order valence-corrected chi connectivity index (χ2v) is 4.66. The van der Waals surface area contributed by atoms with Crippen molar-refractivity contribution < 1.29 is 19.4 Å². The first kappa shape index (κ1) is 14.9. The summed E-state index contributed by atoms with van der Waals surface area (Å²) in [6, 6.07) is 15.5. The van der Waals surface area contributed by atoms with E-state index < -0.39 is 18.0 Å². The molecule has 21 heavy (non-hydrogen) atoms. The van der Waals surface area contributed by atoms with Gasteiger partial charge in [0.2, 0.25) is 0 Å². The van der Waals surface area contributed by atoms with Gasteiger partial charge in [0, 0.05) is 5.56 Å². The highest BCUT2D eigenvalue weighted by Gasteiger charge is 2.42. The van der Waals surface area contributed by atoms with Crippen molar-refractivity contribution in [2.75, 3.05) is 13.7 Å². The summed E-state index contributed by atoms with van der Waals surface area (Å²) < 4.78 is 4.90. The Morgan fingerprint density at radius 1 is 1.10 bits per heavy atom. The van der Waals surface area contributed by atoms with Crippen LogP contribution in [0.15, 0.2) is 54.6 Å². The van der Waals surface area contributed by atoms with E-state index in [1.54, 1.807) is 48.5 Å². The van der Waals surface area contributed by atoms with Gasteiger partial charge in [-0.25, -0.2) is 0 Å². The van der Waals surface area contributed by atoms with E-state index in [9.17, 15) is 14.7 Å². The Kier molecular flexibility index (Phi) is 4.50. The van der Waals surface area contributed by atoms with Crippen LogP contribution in [0, 0.1) is 0 Å². The summed E-state index contributed by atoms with van der Waals surface area (Å²) in [6.07, 6.45) is 0.727. The Hall–Kier alpha value is -2.46. The fraction of sp³-hybridized carbons (Fsp3) is 0.176. The molecule has 4 nitrogen and oxygen atoms in total. The number of rotatable bonds is 5. The van der Waals surface area contributed by atoms with E-state index >= 15 is 0 Å². The summed E-state index contributed by atoms with van der Waals surface area (Å²) >= 11 is 0. The van der Waals surface area contributed by atoms with E-state index in [1.165, 1.54) is 7.11 Å². The molecule has 0 radical (unpaired) electrons. The van der Waals surface area contributed by atoms with Crippen LogP contribution in [0.3, 0.4) is 0 Å². The van der Waals surface area contributed by atoms with Crippen molar-refractivity contribution >= 4 is 12.3 Å². The number of aldehydes is 1. The Labute approximate surface area is 123 Å². The van der Waals surface area contributed by atoms with Crippen molar-refractivity contribution in [1.82, 2.24) is 0 Å². The maximum absolute atomic E-state index is 12.4. The molecule has 4 heteroatoms. The molecule has 0 aliphatic rings. The van der Waals surface area contributed by atoms with Gasteiger partial charge in [0.25, 0.3) is 0 Å². The smallest absolute Gasteiger partial charge is 0.323 e. The highest BCUT2D eigenvalue weighted by molar-refractivity contribution is 5.88. The van der Waals surface area contributed by atoms with E-state index in [0.29, 0.717) is 16.7 Å². The average molecular weight is 284 g/mol. The maximum Gasteiger partial charge on any atom is 0.323 e. The molecule has 0 aromatic heterocycles. The molecular weight excluding hydrogens is 268 g/mol. The number of carbonyl (C=O) groups excluding carboxylic acids is 2. The number of hydrogen-bond donors (Lipinski definition) is 1. The number of carbonyl (C=O) groups is 2. The van der Waals surface area contributed by atoms with Gasteiger partial charge in [0.15, 0.2) is 0 Å². The lowest BCUT2D eigenvalue weighted by Crippen LogP contribution is -2.41. The fourth-order valence-electron chi connectivity index (χ4n) is 2.39. The lowest BCUT2D eigenvalue weighted by molar-refractivity contribution is -0.147. The van der Waals surface area contributed by atoms with Crippen LogP contribution in [-0.4, -0.2) is 31.1 Å². The van der Waals surface area contributed by atoms with Crippen LogP contribution in [0.4, 0.5) is 0 Å². The first-order chi connectivity index (χ1) is 10.2. The minimum atomic E-state index is -1.29. The molecule has 2 aromatic rings. The lowest BCUT2D eigenvalue weighted by atomic mass is 9.75. The molecule has 0 aliphatic carbocycles. The first-order valence-electron chi connectivity index (χ1n) is 6.49. The van der Waals surface area contributed by atoms with E-state index in [4.69, 9.17) is 4.74 Å². The van der Waals surface area contributed by atoms with Crippen molar-refractivity contribution in [3.05, 3.63) is 71.3 Å². The van der Waals surface area contributed by atoms with Crippen molar-refractivity contribution in [3.8, 4) is 0 Å². The number of ether oxygens (including phenoxy) is 1. The minimum Gasteiger partial charge on any atom is -0.468 e. The maximum atomic E-state index is 12.4. The lowest BCUT2D eigenvalue weighted by Gasteiger charge is -2.30. The number of hydrogen-bond acceptors (Lipinski definition) is 4. The number of methoxy groups -OCH3 is 1. The standard InChI is InChI=1S/C17H16O4/c1-21-16(20)17(12-19,14-5-3-2-4-6-14)15-9-7-13(11-18)8-10-15/h2-11,19H,12H2,1H3. The van der Waals surface area contributed by atoms with Crippen molar-refractivity contribution in [3.63, 3.8) is 0 Å². The van der Waals surface area contributed by atoms with Gasteiger partial charge in [-0.3, -0.25) is 9.59 Å². The molecule has 0 aliphatic heterocycles. The molecule has 0 bridgehead atoms. The summed E-state index contributed by atoms with van der Waals surface area (Å²) in [5.74, 6) is -0.546. The van der Waals surface area contributed by atoms with E-state index in [2.05, 4.69) is 0 Å². The number of benzene rings is 2. The molecule has 1 atom stereocenters. The molecule has 1 unspecified atom stereocenters. The van der Waals surface area contributed by atoms with Crippen LogP contribution < -0.4 is 0 Å². The molecule has 0 spiro atoms. The molecule has 0 saturated carbocycles. The van der Waals surface area contributed by atoms with Gasteiger partial charge in [0.1, 0.15) is 11.7 Å². The predicted octanol–water partition coefficient (Wildman–Crippen LogP) is 1.95. The molecule has 2 rings (SSSR count). The third-order valence-corrected chi connectivity index (χ3v) is 3.58. The predicted molar refractivity (Wildman–Crippen MR) is 78.2 cm³/mol. The zero-order valence-corrected chi connectivity index (χ0v) is 11.7. The molecule has 108 valence electrons. The Morgan fingerprint density at radius 2 is 1.67 bits per heavy atom. The van der Waals surface area contributed by atoms with Gasteiger partial charge in [0.05, 0.1) is 13.7 Å². The Morgan fingerprint density at radius 3 is 2.14 bits per heavy atom. The first-order valence-corrected chi connectivity index (χ1v) is 6.49. The Bertz CT molecular complexity index is 619. The zero-order valence-electron chi connectivity index (χ0n) is 11.7. The van der Waals surface area contributed by atoms with Gasteiger partial charge in [-0.2, -0.15) is 0 Å². The summed E-state index contributed by atoms with van der Waals surface area (Å²) in [6.45, 7) is -0.426. The topological polar surface area (TPSA) is 63.6 Å². The van der Waals surface area contributed by atoms with Crippen LogP contribution in [-0.2, 0) is 14.9 Å². The zero-order chi connectivity index (χ0) is 15.3. The highest BCUT2D eigenvalue weighted by atomic mass is 16.5. The molecule has 0 amide bonds. The fourth-order valence-corrected chi connectivity index (χ4v) is 2.39. The van der Waals surface area contributed by atoms with Crippen LogP contribution >= 0.6 is 0 Å². The summed E-state index contributed by atoms with van der Waals surface area (Å²) in [4.78, 5) is 23.1. The van der Waals surface area contributed by atoms with Crippen LogP contribution in [0.25, 0.3) is 0 Å². The molecule has 1 N–H and O–H groups in total. The Balaban J connectivity index is 2.64. The van der Waals surface area contributed by atoms with E-state index in [1.807, 2.05) is 6.07 Å². The quantitative estimate of drug-likeness (QED) is 0.673. The molecule has 2 aromatic carbocycles. The van der Waals surface area contributed by atoms with Gasteiger partial charge in [-0.05, 0) is 11.1 Å². The van der Waals surface area contributed by atoms with Crippen LogP contribution in [0.1, 0.15) is 21.5 Å². The van der Waals surface area contributed by atoms with E-state index in [-0.39, 0.29) is 0 Å². The highest BCUT2D eigenvalue weighted by Crippen LogP contribution is 2.33. The summed E-state index contributed by atoms with van der Waals surface area (Å²) in [5.41, 5.74) is 0.424. The van der Waals surface area contributed by atoms with Crippen molar-refractivity contribution in [2.24, 2.45) is 0 Å². The van der Waals surface area contributed by atoms with Crippen LogP contribution in [0.5, 0.6) is 0 Å². The van der Waals surface area contributed by atoms with Gasteiger partial charge in [-0.15, -0.1) is 0 Å². The van der Waals surface area contributed by atoms with Gasteiger partial charge < -0.3 is 9.84 Å². The molecule has 0 heterocycles. The minimum absolute atomic E-state index is 0.426. The average Bonchev–Trinajstić information content (AvgIpc) is 2.57. The van der Waals surface area contributed by atoms with Crippen molar-refractivity contribution in [1.29, 1.82) is 0 Å². The summed E-state index contributed by atoms with van der Waals surface area (Å²) in [5, 5.41) is 9.94. The SMILES string of the molecule is COC(=O)C(CO)(c1ccccc1)c1ccc(C=O)cc1. The summed E-state index contributed by atoms with van der Waals surface area (Å²) in [7, 11) is 1.29. The monoisotopic (exact) mass is 284 g/mol. The van der Waals surface area contributed by atoms with Gasteiger partial charge in [-0.1, -0.05) is 54.6 Å². The normalized spacial score (nSPS) is 13.2. The third-order valence-electron chi connectivity index (χ3n) is 3.58. The molecule has 0 saturated heterocycles. The van der Waals surface area contributed by atoms with Crippen molar-refractivity contribution in [2.45, 2.75) is 5.41 Å². The number of esters is 1. The third kappa shape index (κ3) is 2.58.